The van der Waals surface area contributed by atoms with Crippen LogP contribution in [0.2, 0.25) is 0 Å². The molecule has 2 N–H and O–H groups in total. The lowest BCUT2D eigenvalue weighted by atomic mass is 9.82. The van der Waals surface area contributed by atoms with Crippen molar-refractivity contribution in [1.82, 2.24) is 15.0 Å². The van der Waals surface area contributed by atoms with Crippen LogP contribution in [0.5, 0.6) is 0 Å². The number of pyridine rings is 1. The zero-order valence-electron chi connectivity index (χ0n) is 15.9. The Morgan fingerprint density at radius 1 is 1.07 bits per heavy atom. The van der Waals surface area contributed by atoms with Crippen LogP contribution < -0.4 is 11.2 Å². The summed E-state index contributed by atoms with van der Waals surface area (Å²) in [4.78, 5) is 34.2. The van der Waals surface area contributed by atoms with Gasteiger partial charge in [0.25, 0.3) is 5.56 Å². The van der Waals surface area contributed by atoms with Gasteiger partial charge >= 0.3 is 5.69 Å². The van der Waals surface area contributed by atoms with E-state index in [4.69, 9.17) is 0 Å². The largest absolute Gasteiger partial charge is 0.325 e. The molecule has 1 aromatic carbocycles. The highest BCUT2D eigenvalue weighted by molar-refractivity contribution is 5.68. The van der Waals surface area contributed by atoms with E-state index >= 15 is 0 Å². The van der Waals surface area contributed by atoms with Gasteiger partial charge < -0.3 is 4.98 Å². The lowest BCUT2D eigenvalue weighted by Gasteiger charge is -2.24. The number of nitrogens with one attached hydrogen (secondary N) is 2. The summed E-state index contributed by atoms with van der Waals surface area (Å²) in [6, 6.07) is 13.9. The Hall–Kier alpha value is -3.21. The van der Waals surface area contributed by atoms with Crippen LogP contribution in [0.4, 0.5) is 0 Å². The average Bonchev–Trinajstić information content (AvgIpc) is 2.71. The summed E-state index contributed by atoms with van der Waals surface area (Å²) in [5.41, 5.74) is 5.26. The third-order valence-corrected chi connectivity index (χ3v) is 5.47. The first kappa shape index (κ1) is 18.2. The number of H-pyrrole nitrogens is 2. The Balaban J connectivity index is 1.66. The van der Waals surface area contributed by atoms with Crippen molar-refractivity contribution in [3.8, 4) is 0 Å². The smallest absolute Gasteiger partial charge is 0.311 e. The average molecular weight is 373 g/mol. The molecule has 0 saturated heterocycles. The van der Waals surface area contributed by atoms with Crippen LogP contribution in [-0.4, -0.2) is 15.0 Å². The van der Waals surface area contributed by atoms with Crippen molar-refractivity contribution in [3.63, 3.8) is 0 Å². The van der Waals surface area contributed by atoms with Crippen molar-refractivity contribution < 1.29 is 0 Å². The van der Waals surface area contributed by atoms with E-state index in [1.54, 1.807) is 0 Å². The Morgan fingerprint density at radius 2 is 1.89 bits per heavy atom. The molecule has 0 aliphatic heterocycles. The first-order valence-electron chi connectivity index (χ1n) is 9.62. The van der Waals surface area contributed by atoms with Crippen LogP contribution in [0.15, 0.2) is 64.3 Å². The fourth-order valence-corrected chi connectivity index (χ4v) is 4.02. The minimum absolute atomic E-state index is 0.134. The van der Waals surface area contributed by atoms with Crippen molar-refractivity contribution in [1.29, 1.82) is 0 Å². The van der Waals surface area contributed by atoms with Crippen molar-refractivity contribution in [2.75, 3.05) is 0 Å². The predicted molar refractivity (Wildman–Crippen MR) is 110 cm³/mol. The lowest BCUT2D eigenvalue weighted by molar-refractivity contribution is 0.595. The number of rotatable bonds is 4. The SMILES string of the molecule is Cc1ncccc1C1=CCC(c2[nH]c(=O)[nH]c(=O)c2Cc2ccccc2)CC1. The summed E-state index contributed by atoms with van der Waals surface area (Å²) < 4.78 is 0. The highest BCUT2D eigenvalue weighted by atomic mass is 16.2. The zero-order chi connectivity index (χ0) is 19.5. The van der Waals surface area contributed by atoms with E-state index < -0.39 is 5.69 Å². The molecule has 3 aromatic rings. The van der Waals surface area contributed by atoms with E-state index in [1.165, 1.54) is 11.1 Å². The normalized spacial score (nSPS) is 16.6. The number of hydrogen-bond donors (Lipinski definition) is 2. The van der Waals surface area contributed by atoms with Gasteiger partial charge in [0.15, 0.2) is 0 Å². The molecule has 1 aliphatic rings. The molecule has 1 aliphatic carbocycles. The maximum Gasteiger partial charge on any atom is 0.325 e. The molecule has 0 spiro atoms. The number of aromatic nitrogens is 3. The monoisotopic (exact) mass is 373 g/mol. The molecular weight excluding hydrogens is 350 g/mol. The van der Waals surface area contributed by atoms with Gasteiger partial charge in [-0.3, -0.25) is 14.8 Å². The first-order chi connectivity index (χ1) is 13.6. The molecule has 0 saturated carbocycles. The van der Waals surface area contributed by atoms with Crippen LogP contribution in [0.25, 0.3) is 5.57 Å². The number of nitrogens with zero attached hydrogens (tertiary/aromatic N) is 1. The molecule has 0 fully saturated rings. The predicted octanol–water partition coefficient (Wildman–Crippen LogP) is 3.71. The van der Waals surface area contributed by atoms with Crippen LogP contribution in [-0.2, 0) is 6.42 Å². The quantitative estimate of drug-likeness (QED) is 0.732. The summed E-state index contributed by atoms with van der Waals surface area (Å²) in [5, 5.41) is 0. The molecule has 1 atom stereocenters. The molecule has 0 radical (unpaired) electrons. The van der Waals surface area contributed by atoms with E-state index in [9.17, 15) is 9.59 Å². The van der Waals surface area contributed by atoms with E-state index in [1.807, 2.05) is 49.5 Å². The number of allylic oxidation sites excluding steroid dienone is 2. The van der Waals surface area contributed by atoms with Gasteiger partial charge in [0.05, 0.1) is 0 Å². The minimum Gasteiger partial charge on any atom is -0.311 e. The standard InChI is InChI=1S/C23H23N3O2/c1-15-19(8-5-13-24-15)17-9-11-18(12-10-17)21-20(22(27)26-23(28)25-21)14-16-6-3-2-4-7-16/h2-9,13,18H,10-12,14H2,1H3,(H2,25,26,27,28). The van der Waals surface area contributed by atoms with Gasteiger partial charge in [-0.1, -0.05) is 42.5 Å². The molecule has 5 heteroatoms. The van der Waals surface area contributed by atoms with Crippen LogP contribution in [0.1, 0.15) is 53.3 Å². The van der Waals surface area contributed by atoms with Gasteiger partial charge in [0.2, 0.25) is 0 Å². The summed E-state index contributed by atoms with van der Waals surface area (Å²) in [7, 11) is 0. The Morgan fingerprint density at radius 3 is 2.61 bits per heavy atom. The molecule has 142 valence electrons. The van der Waals surface area contributed by atoms with Crippen LogP contribution in [0.3, 0.4) is 0 Å². The zero-order valence-corrected chi connectivity index (χ0v) is 15.9. The third kappa shape index (κ3) is 3.74. The molecule has 0 bridgehead atoms. The molecule has 0 amide bonds. The fraction of sp³-hybridized carbons (Fsp3) is 0.261. The molecule has 1 unspecified atom stereocenters. The molecular formula is C23H23N3O2. The highest BCUT2D eigenvalue weighted by Gasteiger charge is 2.23. The number of aromatic amines is 2. The summed E-state index contributed by atoms with van der Waals surface area (Å²) in [6.45, 7) is 2.02. The Bertz CT molecular complexity index is 1130. The van der Waals surface area contributed by atoms with Gasteiger partial charge in [-0.2, -0.15) is 0 Å². The Kier molecular flexibility index (Phi) is 5.06. The van der Waals surface area contributed by atoms with E-state index in [0.29, 0.717) is 12.0 Å². The van der Waals surface area contributed by atoms with Gasteiger partial charge in [-0.25, -0.2) is 4.79 Å². The van der Waals surface area contributed by atoms with E-state index in [2.05, 4.69) is 27.1 Å². The summed E-state index contributed by atoms with van der Waals surface area (Å²) >= 11 is 0. The van der Waals surface area contributed by atoms with Crippen LogP contribution in [0, 0.1) is 6.92 Å². The Labute approximate surface area is 163 Å². The van der Waals surface area contributed by atoms with Gasteiger partial charge in [0.1, 0.15) is 0 Å². The first-order valence-corrected chi connectivity index (χ1v) is 9.62. The fourth-order valence-electron chi connectivity index (χ4n) is 4.02. The third-order valence-electron chi connectivity index (χ3n) is 5.47. The number of hydrogen-bond acceptors (Lipinski definition) is 3. The summed E-state index contributed by atoms with van der Waals surface area (Å²) in [5.74, 6) is 0.134. The molecule has 4 rings (SSSR count). The maximum atomic E-state index is 12.5. The van der Waals surface area contributed by atoms with Gasteiger partial charge in [-0.05, 0) is 49.0 Å². The molecule has 2 aromatic heterocycles. The summed E-state index contributed by atoms with van der Waals surface area (Å²) in [6.07, 6.45) is 7.13. The van der Waals surface area contributed by atoms with Gasteiger partial charge in [0, 0.05) is 35.5 Å². The second kappa shape index (κ2) is 7.80. The molecule has 2 heterocycles. The minimum atomic E-state index is -0.435. The van der Waals surface area contributed by atoms with E-state index in [-0.39, 0.29) is 11.5 Å². The molecule has 5 nitrogen and oxygen atoms in total. The van der Waals surface area contributed by atoms with Crippen molar-refractivity contribution in [2.24, 2.45) is 0 Å². The van der Waals surface area contributed by atoms with Gasteiger partial charge in [-0.15, -0.1) is 0 Å². The second-order valence-electron chi connectivity index (χ2n) is 7.30. The van der Waals surface area contributed by atoms with Crippen molar-refractivity contribution in [3.05, 3.63) is 104 Å². The van der Waals surface area contributed by atoms with Crippen LogP contribution >= 0.6 is 0 Å². The topological polar surface area (TPSA) is 78.6 Å². The highest BCUT2D eigenvalue weighted by Crippen LogP contribution is 2.36. The molecule has 28 heavy (non-hydrogen) atoms. The number of benzene rings is 1. The van der Waals surface area contributed by atoms with E-state index in [0.717, 1.165) is 36.2 Å². The van der Waals surface area contributed by atoms with Crippen molar-refractivity contribution in [2.45, 2.75) is 38.5 Å². The number of aryl methyl sites for hydroxylation is 1. The lowest BCUT2D eigenvalue weighted by Crippen LogP contribution is -2.30. The van der Waals surface area contributed by atoms with Crippen molar-refractivity contribution >= 4 is 5.57 Å². The maximum absolute atomic E-state index is 12.5. The second-order valence-corrected chi connectivity index (χ2v) is 7.30.